The van der Waals surface area contributed by atoms with Gasteiger partial charge in [-0.15, -0.1) is 0 Å². The molecule has 0 aliphatic carbocycles. The molecule has 0 N–H and O–H groups in total. The Bertz CT molecular complexity index is 61.7. The first-order valence-electron chi connectivity index (χ1n) is 4.26. The average molecular weight is 143 g/mol. The summed E-state index contributed by atoms with van der Waals surface area (Å²) in [7, 11) is 3.46. The molecule has 0 heterocycles. The van der Waals surface area contributed by atoms with Gasteiger partial charge in [0.2, 0.25) is 0 Å². The lowest BCUT2D eigenvalue weighted by Gasteiger charge is -2.12. The van der Waals surface area contributed by atoms with Crippen LogP contribution in [0.15, 0.2) is 0 Å². The van der Waals surface area contributed by atoms with E-state index in [9.17, 15) is 0 Å². The fraction of sp³-hybridized carbons (Fsp3) is 0.889. The molecule has 0 aromatic heterocycles. The van der Waals surface area contributed by atoms with Crippen molar-refractivity contribution in [2.75, 3.05) is 0 Å². The van der Waals surface area contributed by atoms with E-state index in [2.05, 4.69) is 21.0 Å². The normalized spacial score (nSPS) is 13.5. The molecule has 1 heteroatoms. The zero-order valence-corrected chi connectivity index (χ0v) is 7.23. The van der Waals surface area contributed by atoms with Crippen LogP contribution in [-0.2, 0) is 4.74 Å². The number of unbranched alkanes of at least 4 members (excludes halogenated alkanes) is 1. The van der Waals surface area contributed by atoms with E-state index < -0.39 is 0 Å². The first kappa shape index (κ1) is 9.96. The van der Waals surface area contributed by atoms with Gasteiger partial charge in [0.1, 0.15) is 0 Å². The lowest BCUT2D eigenvalue weighted by atomic mass is 10.1. The van der Waals surface area contributed by atoms with Crippen molar-refractivity contribution in [3.63, 3.8) is 0 Å². The van der Waals surface area contributed by atoms with E-state index in [-0.39, 0.29) is 0 Å². The van der Waals surface area contributed by atoms with E-state index in [4.69, 9.17) is 4.74 Å². The van der Waals surface area contributed by atoms with Gasteiger partial charge in [-0.1, -0.05) is 33.1 Å². The molecule has 1 unspecified atom stereocenters. The second kappa shape index (κ2) is 7.07. The predicted octanol–water partition coefficient (Wildman–Crippen LogP) is 3.15. The van der Waals surface area contributed by atoms with Crippen molar-refractivity contribution in [2.45, 2.75) is 52.1 Å². The molecule has 0 bridgehead atoms. The predicted molar refractivity (Wildman–Crippen MR) is 44.7 cm³/mol. The fourth-order valence-electron chi connectivity index (χ4n) is 1.06. The number of hydrogen-bond acceptors (Lipinski definition) is 1. The van der Waals surface area contributed by atoms with Crippen molar-refractivity contribution in [3.05, 3.63) is 7.11 Å². The van der Waals surface area contributed by atoms with Gasteiger partial charge in [0.15, 0.2) is 0 Å². The maximum Gasteiger partial charge on any atom is 0.0704 e. The Morgan fingerprint density at radius 1 is 1.20 bits per heavy atom. The van der Waals surface area contributed by atoms with E-state index in [1.807, 2.05) is 0 Å². The summed E-state index contributed by atoms with van der Waals surface area (Å²) in [4.78, 5) is 0. The third-order valence-electron chi connectivity index (χ3n) is 1.73. The molecule has 0 saturated heterocycles. The van der Waals surface area contributed by atoms with Crippen molar-refractivity contribution in [1.82, 2.24) is 0 Å². The minimum absolute atomic E-state index is 0.407. The molecule has 1 nitrogen and oxygen atoms in total. The van der Waals surface area contributed by atoms with Crippen LogP contribution < -0.4 is 0 Å². The average Bonchev–Trinajstić information content (AvgIpc) is 1.98. The van der Waals surface area contributed by atoms with Gasteiger partial charge in [0.05, 0.1) is 13.2 Å². The summed E-state index contributed by atoms with van der Waals surface area (Å²) in [5.74, 6) is 0. The lowest BCUT2D eigenvalue weighted by Crippen LogP contribution is -2.07. The molecular weight excluding hydrogens is 124 g/mol. The molecule has 0 amide bonds. The summed E-state index contributed by atoms with van der Waals surface area (Å²) in [5.41, 5.74) is 0. The van der Waals surface area contributed by atoms with Crippen LogP contribution in [0.4, 0.5) is 0 Å². The minimum atomic E-state index is 0.407. The lowest BCUT2D eigenvalue weighted by molar-refractivity contribution is 0.118. The zero-order chi connectivity index (χ0) is 7.82. The molecule has 0 spiro atoms. The van der Waals surface area contributed by atoms with Gasteiger partial charge >= 0.3 is 0 Å². The standard InChI is InChI=1S/C9H19O/c1-4-6-8-9(10-3)7-5-2/h9H,3-8H2,1-2H3. The van der Waals surface area contributed by atoms with Crippen molar-refractivity contribution >= 4 is 0 Å². The summed E-state index contributed by atoms with van der Waals surface area (Å²) in [5, 5.41) is 0. The van der Waals surface area contributed by atoms with Crippen LogP contribution in [0.2, 0.25) is 0 Å². The second-order valence-corrected chi connectivity index (χ2v) is 2.72. The summed E-state index contributed by atoms with van der Waals surface area (Å²) >= 11 is 0. The Labute approximate surface area is 64.8 Å². The molecule has 0 aromatic rings. The molecular formula is C9H19O. The highest BCUT2D eigenvalue weighted by atomic mass is 16.5. The summed E-state index contributed by atoms with van der Waals surface area (Å²) in [6.07, 6.45) is 6.45. The van der Waals surface area contributed by atoms with E-state index >= 15 is 0 Å². The minimum Gasteiger partial charge on any atom is -0.376 e. The molecule has 0 aliphatic rings. The molecule has 0 aromatic carbocycles. The van der Waals surface area contributed by atoms with E-state index in [1.54, 1.807) is 0 Å². The first-order chi connectivity index (χ1) is 4.85. The maximum atomic E-state index is 5.04. The van der Waals surface area contributed by atoms with Crippen molar-refractivity contribution in [2.24, 2.45) is 0 Å². The molecule has 10 heavy (non-hydrogen) atoms. The van der Waals surface area contributed by atoms with Crippen LogP contribution in [0.1, 0.15) is 46.0 Å². The van der Waals surface area contributed by atoms with Gasteiger partial charge in [-0.25, -0.2) is 0 Å². The van der Waals surface area contributed by atoms with Gasteiger partial charge in [-0.05, 0) is 12.8 Å². The van der Waals surface area contributed by atoms with E-state index in [0.717, 1.165) is 6.42 Å². The molecule has 0 saturated carbocycles. The largest absolute Gasteiger partial charge is 0.376 e. The van der Waals surface area contributed by atoms with Gasteiger partial charge in [0.25, 0.3) is 0 Å². The number of hydrogen-bond donors (Lipinski definition) is 0. The van der Waals surface area contributed by atoms with Crippen LogP contribution in [0, 0.1) is 7.11 Å². The van der Waals surface area contributed by atoms with Gasteiger partial charge < -0.3 is 4.74 Å². The van der Waals surface area contributed by atoms with Crippen LogP contribution in [0.25, 0.3) is 0 Å². The maximum absolute atomic E-state index is 5.04. The molecule has 0 aliphatic heterocycles. The Morgan fingerprint density at radius 2 is 1.90 bits per heavy atom. The van der Waals surface area contributed by atoms with Crippen molar-refractivity contribution in [3.8, 4) is 0 Å². The SMILES string of the molecule is [CH2]OC(CCC)CCCC. The zero-order valence-electron chi connectivity index (χ0n) is 7.23. The summed E-state index contributed by atoms with van der Waals surface area (Å²) < 4.78 is 5.04. The Kier molecular flexibility index (Phi) is 7.04. The molecule has 0 fully saturated rings. The Morgan fingerprint density at radius 3 is 2.30 bits per heavy atom. The van der Waals surface area contributed by atoms with Gasteiger partial charge in [0, 0.05) is 0 Å². The Hall–Kier alpha value is -0.0400. The third-order valence-corrected chi connectivity index (χ3v) is 1.73. The van der Waals surface area contributed by atoms with Crippen molar-refractivity contribution in [1.29, 1.82) is 0 Å². The molecule has 61 valence electrons. The monoisotopic (exact) mass is 143 g/mol. The van der Waals surface area contributed by atoms with Crippen LogP contribution >= 0.6 is 0 Å². The second-order valence-electron chi connectivity index (χ2n) is 2.72. The van der Waals surface area contributed by atoms with Gasteiger partial charge in [-0.3, -0.25) is 0 Å². The highest BCUT2D eigenvalue weighted by molar-refractivity contribution is 4.56. The van der Waals surface area contributed by atoms with Crippen LogP contribution in [-0.4, -0.2) is 6.10 Å². The van der Waals surface area contributed by atoms with Crippen molar-refractivity contribution < 1.29 is 4.74 Å². The smallest absolute Gasteiger partial charge is 0.0704 e. The molecule has 1 radical (unpaired) electrons. The highest BCUT2D eigenvalue weighted by Gasteiger charge is 2.03. The van der Waals surface area contributed by atoms with Crippen LogP contribution in [0.3, 0.4) is 0 Å². The third kappa shape index (κ3) is 4.80. The van der Waals surface area contributed by atoms with Crippen LogP contribution in [0.5, 0.6) is 0 Å². The highest BCUT2D eigenvalue weighted by Crippen LogP contribution is 2.09. The summed E-state index contributed by atoms with van der Waals surface area (Å²) in [6.45, 7) is 4.38. The quantitative estimate of drug-likeness (QED) is 0.555. The fourth-order valence-corrected chi connectivity index (χ4v) is 1.06. The Balaban J connectivity index is 3.21. The summed E-state index contributed by atoms with van der Waals surface area (Å²) in [6, 6.07) is 0. The number of ether oxygens (including phenoxy) is 1. The topological polar surface area (TPSA) is 9.23 Å². The first-order valence-corrected chi connectivity index (χ1v) is 4.26. The molecule has 1 atom stereocenters. The van der Waals surface area contributed by atoms with E-state index in [0.29, 0.717) is 6.10 Å². The molecule has 0 rings (SSSR count). The van der Waals surface area contributed by atoms with Gasteiger partial charge in [-0.2, -0.15) is 0 Å². The van der Waals surface area contributed by atoms with E-state index in [1.165, 1.54) is 25.7 Å². The number of rotatable bonds is 6.